The molecule has 0 fully saturated rings. The maximum atomic E-state index is 12.6. The first kappa shape index (κ1) is 23.3. The Hall–Kier alpha value is -2.32. The van der Waals surface area contributed by atoms with Crippen molar-refractivity contribution in [2.24, 2.45) is 0 Å². The zero-order valence-electron chi connectivity index (χ0n) is 17.3. The minimum atomic E-state index is -0.147. The molecule has 1 aromatic carbocycles. The van der Waals surface area contributed by atoms with Crippen LogP contribution >= 0.6 is 34.5 Å². The van der Waals surface area contributed by atoms with Crippen LogP contribution in [0.15, 0.2) is 42.3 Å². The van der Waals surface area contributed by atoms with Gasteiger partial charge in [0.25, 0.3) is 5.91 Å². The van der Waals surface area contributed by atoms with Crippen molar-refractivity contribution in [1.29, 1.82) is 0 Å². The SMILES string of the molecule is C=CCNC(=O)c1cc(-c2csc(COc3cc(Cl)cc(Cl)c3)n2)n(CCOC)c1C. The second-order valence-corrected chi connectivity index (χ2v) is 8.51. The second kappa shape index (κ2) is 10.8. The van der Waals surface area contributed by atoms with Crippen molar-refractivity contribution in [1.82, 2.24) is 14.9 Å². The third kappa shape index (κ3) is 5.89. The summed E-state index contributed by atoms with van der Waals surface area (Å²) in [4.78, 5) is 17.3. The summed E-state index contributed by atoms with van der Waals surface area (Å²) in [5.74, 6) is 0.432. The maximum absolute atomic E-state index is 12.6. The molecule has 0 aliphatic heterocycles. The summed E-state index contributed by atoms with van der Waals surface area (Å²) in [7, 11) is 1.65. The summed E-state index contributed by atoms with van der Waals surface area (Å²) in [6.45, 7) is 7.37. The quantitative estimate of drug-likeness (QED) is 0.397. The molecular formula is C22H23Cl2N3O3S. The van der Waals surface area contributed by atoms with Gasteiger partial charge in [0.05, 0.1) is 23.6 Å². The second-order valence-electron chi connectivity index (χ2n) is 6.69. The molecule has 164 valence electrons. The highest BCUT2D eigenvalue weighted by Crippen LogP contribution is 2.29. The number of methoxy groups -OCH3 is 1. The Bertz CT molecular complexity index is 1060. The number of rotatable bonds is 10. The molecule has 0 unspecified atom stereocenters. The molecule has 1 N–H and O–H groups in total. The minimum Gasteiger partial charge on any atom is -0.486 e. The molecule has 2 aromatic heterocycles. The highest BCUT2D eigenvalue weighted by atomic mass is 35.5. The summed E-state index contributed by atoms with van der Waals surface area (Å²) >= 11 is 13.5. The van der Waals surface area contributed by atoms with Gasteiger partial charge < -0.3 is 19.4 Å². The van der Waals surface area contributed by atoms with Crippen LogP contribution in [0.4, 0.5) is 0 Å². The van der Waals surface area contributed by atoms with Crippen LogP contribution in [0.1, 0.15) is 21.1 Å². The van der Waals surface area contributed by atoms with E-state index in [-0.39, 0.29) is 12.5 Å². The summed E-state index contributed by atoms with van der Waals surface area (Å²) in [5, 5.41) is 6.59. The smallest absolute Gasteiger partial charge is 0.253 e. The Kier molecular flexibility index (Phi) is 8.15. The maximum Gasteiger partial charge on any atom is 0.253 e. The van der Waals surface area contributed by atoms with E-state index in [2.05, 4.69) is 11.9 Å². The Balaban J connectivity index is 1.83. The number of carbonyl (C=O) groups excluding carboxylic acids is 1. The van der Waals surface area contributed by atoms with Crippen LogP contribution in [0.3, 0.4) is 0 Å². The molecule has 9 heteroatoms. The monoisotopic (exact) mass is 479 g/mol. The van der Waals surface area contributed by atoms with Gasteiger partial charge in [0.2, 0.25) is 0 Å². The first-order valence-electron chi connectivity index (χ1n) is 9.54. The van der Waals surface area contributed by atoms with E-state index in [9.17, 15) is 4.79 Å². The molecule has 0 radical (unpaired) electrons. The Morgan fingerprint density at radius 3 is 2.71 bits per heavy atom. The van der Waals surface area contributed by atoms with Crippen LogP contribution in [0, 0.1) is 6.92 Å². The number of nitrogens with zero attached hydrogens (tertiary/aromatic N) is 2. The number of halogens is 2. The lowest BCUT2D eigenvalue weighted by Gasteiger charge is -2.10. The lowest BCUT2D eigenvalue weighted by Crippen LogP contribution is -2.23. The van der Waals surface area contributed by atoms with Crippen LogP contribution < -0.4 is 10.1 Å². The van der Waals surface area contributed by atoms with Crippen LogP contribution in [0.25, 0.3) is 11.4 Å². The van der Waals surface area contributed by atoms with Crippen molar-refractivity contribution >= 4 is 40.4 Å². The van der Waals surface area contributed by atoms with Crippen LogP contribution in [0.5, 0.6) is 5.75 Å². The van der Waals surface area contributed by atoms with Crippen molar-refractivity contribution in [3.05, 3.63) is 68.6 Å². The molecule has 2 heterocycles. The Labute approximate surface area is 195 Å². The van der Waals surface area contributed by atoms with Crippen LogP contribution in [0.2, 0.25) is 10.0 Å². The van der Waals surface area contributed by atoms with Gasteiger partial charge in [-0.1, -0.05) is 29.3 Å². The van der Waals surface area contributed by atoms with Gasteiger partial charge in [0.15, 0.2) is 0 Å². The van der Waals surface area contributed by atoms with E-state index in [1.54, 1.807) is 31.4 Å². The van der Waals surface area contributed by atoms with Crippen molar-refractivity contribution in [2.45, 2.75) is 20.1 Å². The van der Waals surface area contributed by atoms with Gasteiger partial charge in [-0.15, -0.1) is 17.9 Å². The van der Waals surface area contributed by atoms with Gasteiger partial charge in [-0.3, -0.25) is 4.79 Å². The largest absolute Gasteiger partial charge is 0.486 e. The number of carbonyl (C=O) groups is 1. The predicted molar refractivity (Wildman–Crippen MR) is 125 cm³/mol. The van der Waals surface area contributed by atoms with Crippen molar-refractivity contribution < 1.29 is 14.3 Å². The third-order valence-electron chi connectivity index (χ3n) is 4.55. The summed E-state index contributed by atoms with van der Waals surface area (Å²) in [6, 6.07) is 6.92. The van der Waals surface area contributed by atoms with Gasteiger partial charge in [0, 0.05) is 41.3 Å². The van der Waals surface area contributed by atoms with Gasteiger partial charge in [-0.2, -0.15) is 0 Å². The fourth-order valence-electron chi connectivity index (χ4n) is 3.07. The average Bonchev–Trinajstić information content (AvgIpc) is 3.32. The van der Waals surface area contributed by atoms with Crippen LogP contribution in [-0.4, -0.2) is 35.7 Å². The van der Waals surface area contributed by atoms with Crippen molar-refractivity contribution in [3.8, 4) is 17.1 Å². The number of hydrogen-bond acceptors (Lipinski definition) is 5. The molecule has 0 atom stereocenters. The number of amides is 1. The molecule has 0 saturated heterocycles. The lowest BCUT2D eigenvalue weighted by atomic mass is 10.2. The van der Waals surface area contributed by atoms with E-state index in [0.717, 1.165) is 22.1 Å². The van der Waals surface area contributed by atoms with Crippen molar-refractivity contribution in [2.75, 3.05) is 20.3 Å². The van der Waals surface area contributed by atoms with Gasteiger partial charge in [0.1, 0.15) is 17.4 Å². The number of thiazole rings is 1. The van der Waals surface area contributed by atoms with Crippen LogP contribution in [-0.2, 0) is 17.9 Å². The Morgan fingerprint density at radius 2 is 2.03 bits per heavy atom. The number of hydrogen-bond donors (Lipinski definition) is 1. The third-order valence-corrected chi connectivity index (χ3v) is 5.81. The molecule has 31 heavy (non-hydrogen) atoms. The molecule has 0 aliphatic carbocycles. The van der Waals surface area contributed by atoms with Gasteiger partial charge >= 0.3 is 0 Å². The Morgan fingerprint density at radius 1 is 1.29 bits per heavy atom. The number of nitrogens with one attached hydrogen (secondary N) is 1. The average molecular weight is 480 g/mol. The molecule has 1 amide bonds. The molecule has 0 bridgehead atoms. The highest BCUT2D eigenvalue weighted by molar-refractivity contribution is 7.09. The minimum absolute atomic E-state index is 0.147. The van der Waals surface area contributed by atoms with E-state index < -0.39 is 0 Å². The van der Waals surface area contributed by atoms with E-state index >= 15 is 0 Å². The summed E-state index contributed by atoms with van der Waals surface area (Å²) in [6.07, 6.45) is 1.65. The molecule has 0 saturated carbocycles. The normalized spacial score (nSPS) is 10.8. The topological polar surface area (TPSA) is 65.4 Å². The first-order valence-corrected chi connectivity index (χ1v) is 11.2. The van der Waals surface area contributed by atoms with Gasteiger partial charge in [-0.25, -0.2) is 4.98 Å². The summed E-state index contributed by atoms with van der Waals surface area (Å²) in [5.41, 5.74) is 3.08. The fourth-order valence-corrected chi connectivity index (χ4v) is 4.27. The van der Waals surface area contributed by atoms with Gasteiger partial charge in [-0.05, 0) is 31.2 Å². The van der Waals surface area contributed by atoms with E-state index in [0.29, 0.717) is 41.1 Å². The zero-order valence-corrected chi connectivity index (χ0v) is 19.6. The van der Waals surface area contributed by atoms with Crippen molar-refractivity contribution in [3.63, 3.8) is 0 Å². The molecule has 3 aromatic rings. The number of ether oxygens (including phenoxy) is 2. The lowest BCUT2D eigenvalue weighted by molar-refractivity contribution is 0.0957. The number of aromatic nitrogens is 2. The molecular weight excluding hydrogens is 457 g/mol. The molecule has 3 rings (SSSR count). The number of benzene rings is 1. The first-order chi connectivity index (χ1) is 14.9. The highest BCUT2D eigenvalue weighted by Gasteiger charge is 2.20. The molecule has 6 nitrogen and oxygen atoms in total. The van der Waals surface area contributed by atoms with E-state index in [4.69, 9.17) is 37.7 Å². The van der Waals surface area contributed by atoms with E-state index in [1.807, 2.05) is 22.9 Å². The molecule has 0 aliphatic rings. The fraction of sp³-hybridized carbons (Fsp3) is 0.273. The summed E-state index contributed by atoms with van der Waals surface area (Å²) < 4.78 is 13.1. The predicted octanol–water partition coefficient (Wildman–Crippen LogP) is 5.37. The molecule has 0 spiro atoms. The zero-order chi connectivity index (χ0) is 22.4. The standard InChI is InChI=1S/C22H23Cl2N3O3S/c1-4-5-25-22(28)18-11-20(27(14(18)2)6-7-29-3)19-13-31-21(26-19)12-30-17-9-15(23)8-16(24)10-17/h4,8-11,13H,1,5-7,12H2,2-3H3,(H,25,28). The van der Waals surface area contributed by atoms with E-state index in [1.165, 1.54) is 11.3 Å².